The normalized spacial score (nSPS) is 12.3. The Morgan fingerprint density at radius 2 is 2.12 bits per heavy atom. The summed E-state index contributed by atoms with van der Waals surface area (Å²) in [6.07, 6.45) is 0. The lowest BCUT2D eigenvalue weighted by atomic mass is 10.1. The predicted octanol–water partition coefficient (Wildman–Crippen LogP) is 3.88. The number of hydrogen-bond donors (Lipinski definition) is 1. The van der Waals surface area contributed by atoms with Crippen LogP contribution < -0.4 is 5.32 Å². The minimum absolute atomic E-state index is 0.0531. The van der Waals surface area contributed by atoms with Gasteiger partial charge in [0.1, 0.15) is 0 Å². The maximum absolute atomic E-state index is 11.7. The van der Waals surface area contributed by atoms with Gasteiger partial charge < -0.3 is 5.32 Å². The molecule has 1 aromatic carbocycles. The highest BCUT2D eigenvalue weighted by atomic mass is 79.9. The predicted molar refractivity (Wildman–Crippen MR) is 72.1 cm³/mol. The maximum atomic E-state index is 11.7. The average Bonchev–Trinajstić information content (AvgIpc) is 2.21. The molecule has 1 amide bonds. The SMILES string of the molecule is Cc1cc(C)c(NC(=O)C(C)CCl)c(Br)c1. The van der Waals surface area contributed by atoms with Crippen LogP contribution in [0.4, 0.5) is 5.69 Å². The van der Waals surface area contributed by atoms with E-state index in [9.17, 15) is 4.79 Å². The van der Waals surface area contributed by atoms with Crippen LogP contribution in [0.3, 0.4) is 0 Å². The van der Waals surface area contributed by atoms with Gasteiger partial charge in [-0.2, -0.15) is 0 Å². The van der Waals surface area contributed by atoms with Crippen LogP contribution in [0.25, 0.3) is 0 Å². The molecule has 88 valence electrons. The molecule has 1 N–H and O–H groups in total. The largest absolute Gasteiger partial charge is 0.325 e. The number of benzene rings is 1. The Bertz CT molecular complexity index is 383. The van der Waals surface area contributed by atoms with E-state index >= 15 is 0 Å². The Morgan fingerprint density at radius 1 is 1.50 bits per heavy atom. The van der Waals surface area contributed by atoms with E-state index in [4.69, 9.17) is 11.6 Å². The number of anilines is 1. The quantitative estimate of drug-likeness (QED) is 0.844. The molecular weight excluding hydrogens is 289 g/mol. The van der Waals surface area contributed by atoms with E-state index in [1.807, 2.05) is 26.0 Å². The van der Waals surface area contributed by atoms with Crippen LogP contribution in [0.1, 0.15) is 18.1 Å². The second-order valence-corrected chi connectivity index (χ2v) is 5.15. The lowest BCUT2D eigenvalue weighted by Crippen LogP contribution is -2.22. The van der Waals surface area contributed by atoms with Crippen molar-refractivity contribution in [1.29, 1.82) is 0 Å². The van der Waals surface area contributed by atoms with Crippen LogP contribution in [0.2, 0.25) is 0 Å². The van der Waals surface area contributed by atoms with Crippen molar-refractivity contribution < 1.29 is 4.79 Å². The van der Waals surface area contributed by atoms with E-state index in [0.29, 0.717) is 5.88 Å². The summed E-state index contributed by atoms with van der Waals surface area (Å²) < 4.78 is 0.903. The molecule has 1 atom stereocenters. The molecule has 0 radical (unpaired) electrons. The van der Waals surface area contributed by atoms with E-state index < -0.39 is 0 Å². The van der Waals surface area contributed by atoms with Crippen molar-refractivity contribution in [3.8, 4) is 0 Å². The summed E-state index contributed by atoms with van der Waals surface area (Å²) in [5, 5.41) is 2.89. The monoisotopic (exact) mass is 303 g/mol. The zero-order valence-corrected chi connectivity index (χ0v) is 11.9. The van der Waals surface area contributed by atoms with Gasteiger partial charge in [-0.25, -0.2) is 0 Å². The van der Waals surface area contributed by atoms with Crippen molar-refractivity contribution in [2.45, 2.75) is 20.8 Å². The highest BCUT2D eigenvalue weighted by Gasteiger charge is 2.14. The third-order valence-corrected chi connectivity index (χ3v) is 3.45. The molecular formula is C12H15BrClNO. The Morgan fingerprint density at radius 3 is 2.62 bits per heavy atom. The first-order valence-corrected chi connectivity index (χ1v) is 6.42. The average molecular weight is 305 g/mol. The molecule has 0 heterocycles. The fraction of sp³-hybridized carbons (Fsp3) is 0.417. The molecule has 0 saturated heterocycles. The molecule has 0 spiro atoms. The molecule has 1 unspecified atom stereocenters. The highest BCUT2D eigenvalue weighted by molar-refractivity contribution is 9.10. The van der Waals surface area contributed by atoms with E-state index in [-0.39, 0.29) is 11.8 Å². The van der Waals surface area contributed by atoms with Crippen molar-refractivity contribution in [3.05, 3.63) is 27.7 Å². The Balaban J connectivity index is 2.93. The van der Waals surface area contributed by atoms with Gasteiger partial charge in [-0.15, -0.1) is 11.6 Å². The van der Waals surface area contributed by atoms with E-state index in [0.717, 1.165) is 21.3 Å². The number of aryl methyl sites for hydroxylation is 2. The molecule has 1 aromatic rings. The number of halogens is 2. The number of amides is 1. The fourth-order valence-electron chi connectivity index (χ4n) is 1.39. The first-order valence-electron chi connectivity index (χ1n) is 5.09. The number of nitrogens with one attached hydrogen (secondary N) is 1. The number of carbonyl (C=O) groups is 1. The van der Waals surface area contributed by atoms with Gasteiger partial charge in [0.15, 0.2) is 0 Å². The second-order valence-electron chi connectivity index (χ2n) is 3.98. The Kier molecular flexibility index (Phi) is 4.81. The van der Waals surface area contributed by atoms with E-state index in [2.05, 4.69) is 21.2 Å². The first-order chi connectivity index (χ1) is 7.45. The molecule has 0 aromatic heterocycles. The molecule has 0 bridgehead atoms. The number of alkyl halides is 1. The summed E-state index contributed by atoms with van der Waals surface area (Å²) in [5.41, 5.74) is 3.03. The van der Waals surface area contributed by atoms with Gasteiger partial charge in [-0.1, -0.05) is 13.0 Å². The van der Waals surface area contributed by atoms with Crippen LogP contribution in [0.5, 0.6) is 0 Å². The zero-order valence-electron chi connectivity index (χ0n) is 9.60. The van der Waals surface area contributed by atoms with Gasteiger partial charge in [0.25, 0.3) is 0 Å². The van der Waals surface area contributed by atoms with Crippen molar-refractivity contribution in [2.24, 2.45) is 5.92 Å². The molecule has 4 heteroatoms. The molecule has 16 heavy (non-hydrogen) atoms. The highest BCUT2D eigenvalue weighted by Crippen LogP contribution is 2.28. The first kappa shape index (κ1) is 13.5. The number of rotatable bonds is 3. The fourth-order valence-corrected chi connectivity index (χ4v) is 2.30. The Hall–Kier alpha value is -0.540. The summed E-state index contributed by atoms with van der Waals surface area (Å²) in [6.45, 7) is 5.79. The standard InChI is InChI=1S/C12H15BrClNO/c1-7-4-8(2)11(10(13)5-7)15-12(16)9(3)6-14/h4-5,9H,6H2,1-3H3,(H,15,16). The molecule has 0 aliphatic heterocycles. The molecule has 0 aliphatic carbocycles. The summed E-state index contributed by atoms with van der Waals surface area (Å²) in [4.78, 5) is 11.7. The molecule has 0 saturated carbocycles. The summed E-state index contributed by atoms with van der Waals surface area (Å²) in [7, 11) is 0. The van der Waals surface area contributed by atoms with Gasteiger partial charge in [-0.3, -0.25) is 4.79 Å². The van der Waals surface area contributed by atoms with E-state index in [1.165, 1.54) is 0 Å². The molecule has 0 aliphatic rings. The van der Waals surface area contributed by atoms with Gasteiger partial charge in [0.2, 0.25) is 5.91 Å². The number of carbonyl (C=O) groups excluding carboxylic acids is 1. The Labute approximate surface area is 110 Å². The lowest BCUT2D eigenvalue weighted by molar-refractivity contribution is -0.118. The van der Waals surface area contributed by atoms with Crippen LogP contribution in [0.15, 0.2) is 16.6 Å². The third-order valence-electron chi connectivity index (χ3n) is 2.36. The molecule has 2 nitrogen and oxygen atoms in total. The second kappa shape index (κ2) is 5.69. The summed E-state index contributed by atoms with van der Waals surface area (Å²) in [5.74, 6) is 0.0888. The van der Waals surface area contributed by atoms with Crippen LogP contribution >= 0.6 is 27.5 Å². The van der Waals surface area contributed by atoms with Gasteiger partial charge >= 0.3 is 0 Å². The van der Waals surface area contributed by atoms with Crippen molar-refractivity contribution in [3.63, 3.8) is 0 Å². The van der Waals surface area contributed by atoms with Crippen LogP contribution in [0, 0.1) is 19.8 Å². The van der Waals surface area contributed by atoms with Crippen molar-refractivity contribution in [1.82, 2.24) is 0 Å². The van der Waals surface area contributed by atoms with Crippen LogP contribution in [-0.2, 0) is 4.79 Å². The minimum Gasteiger partial charge on any atom is -0.325 e. The maximum Gasteiger partial charge on any atom is 0.228 e. The van der Waals surface area contributed by atoms with Gasteiger partial charge in [0, 0.05) is 16.3 Å². The van der Waals surface area contributed by atoms with E-state index in [1.54, 1.807) is 6.92 Å². The van der Waals surface area contributed by atoms with Gasteiger partial charge in [0.05, 0.1) is 5.69 Å². The lowest BCUT2D eigenvalue weighted by Gasteiger charge is -2.14. The summed E-state index contributed by atoms with van der Waals surface area (Å²) >= 11 is 9.10. The third kappa shape index (κ3) is 3.22. The summed E-state index contributed by atoms with van der Waals surface area (Å²) in [6, 6.07) is 4.01. The van der Waals surface area contributed by atoms with Gasteiger partial charge in [-0.05, 0) is 47.0 Å². The smallest absolute Gasteiger partial charge is 0.228 e. The number of hydrogen-bond acceptors (Lipinski definition) is 1. The zero-order chi connectivity index (χ0) is 12.3. The topological polar surface area (TPSA) is 29.1 Å². The van der Waals surface area contributed by atoms with Crippen molar-refractivity contribution in [2.75, 3.05) is 11.2 Å². The van der Waals surface area contributed by atoms with Crippen molar-refractivity contribution >= 4 is 39.1 Å². The van der Waals surface area contributed by atoms with Crippen LogP contribution in [-0.4, -0.2) is 11.8 Å². The molecule has 1 rings (SSSR count). The molecule has 0 fully saturated rings. The minimum atomic E-state index is -0.186.